The molecular weight excluding hydrogens is 254 g/mol. The average Bonchev–Trinajstić information content (AvgIpc) is 2.39. The quantitative estimate of drug-likeness (QED) is 0.773. The van der Waals surface area contributed by atoms with Gasteiger partial charge in [-0.2, -0.15) is 0 Å². The first kappa shape index (κ1) is 14.8. The summed E-state index contributed by atoms with van der Waals surface area (Å²) in [5.74, 6) is 0.535. The van der Waals surface area contributed by atoms with Crippen LogP contribution in [0.1, 0.15) is 16.8 Å². The smallest absolute Gasteiger partial charge is 0.251 e. The van der Waals surface area contributed by atoms with Crippen LogP contribution in [-0.2, 0) is 4.74 Å². The van der Waals surface area contributed by atoms with Crippen LogP contribution in [0.2, 0.25) is 0 Å². The van der Waals surface area contributed by atoms with E-state index in [1.54, 1.807) is 38.5 Å². The van der Waals surface area contributed by atoms with E-state index < -0.39 is 0 Å². The molecule has 1 aromatic carbocycles. The molecule has 0 fully saturated rings. The number of rotatable bonds is 7. The molecule has 1 atom stereocenters. The van der Waals surface area contributed by atoms with Crippen LogP contribution in [0, 0.1) is 0 Å². The fourth-order valence-corrected chi connectivity index (χ4v) is 1.71. The second kappa shape index (κ2) is 7.95. The summed E-state index contributed by atoms with van der Waals surface area (Å²) in [7, 11) is 3.17. The Morgan fingerprint density at radius 1 is 1.44 bits per heavy atom. The van der Waals surface area contributed by atoms with Gasteiger partial charge in [-0.25, -0.2) is 0 Å². The minimum absolute atomic E-state index is 0.0828. The Bertz CT molecular complexity index is 384. The summed E-state index contributed by atoms with van der Waals surface area (Å²) in [6.07, 6.45) is 0.672. The molecule has 4 nitrogen and oxygen atoms in total. The summed E-state index contributed by atoms with van der Waals surface area (Å²) < 4.78 is 9.98. The summed E-state index contributed by atoms with van der Waals surface area (Å²) in [5, 5.41) is 2.72. The average molecular weight is 272 g/mol. The first-order valence-corrected chi connectivity index (χ1v) is 6.16. The van der Waals surface area contributed by atoms with Crippen LogP contribution in [0.4, 0.5) is 0 Å². The van der Waals surface area contributed by atoms with Gasteiger partial charge in [0.05, 0.1) is 19.1 Å². The van der Waals surface area contributed by atoms with Crippen LogP contribution in [-0.4, -0.2) is 38.7 Å². The number of halogens is 1. The Balaban J connectivity index is 2.40. The van der Waals surface area contributed by atoms with E-state index in [0.29, 0.717) is 30.9 Å². The van der Waals surface area contributed by atoms with Crippen LogP contribution in [0.15, 0.2) is 24.3 Å². The third kappa shape index (κ3) is 4.94. The number of carbonyl (C=O) groups excluding carboxylic acids is 1. The van der Waals surface area contributed by atoms with E-state index in [9.17, 15) is 4.79 Å². The molecule has 5 heteroatoms. The third-order valence-corrected chi connectivity index (χ3v) is 2.77. The molecule has 1 unspecified atom stereocenters. The molecule has 1 rings (SSSR count). The molecule has 0 bridgehead atoms. The highest BCUT2D eigenvalue weighted by atomic mass is 35.5. The molecule has 0 aliphatic rings. The number of nitrogens with one attached hydrogen (secondary N) is 1. The van der Waals surface area contributed by atoms with Gasteiger partial charge in [0, 0.05) is 19.2 Å². The van der Waals surface area contributed by atoms with Gasteiger partial charge in [0.2, 0.25) is 0 Å². The number of benzene rings is 1. The highest BCUT2D eigenvalue weighted by Crippen LogP contribution is 2.12. The highest BCUT2D eigenvalue weighted by Gasteiger charge is 2.08. The van der Waals surface area contributed by atoms with Crippen molar-refractivity contribution in [1.29, 1.82) is 0 Å². The van der Waals surface area contributed by atoms with Crippen molar-refractivity contribution >= 4 is 17.5 Å². The van der Waals surface area contributed by atoms with Gasteiger partial charge in [0.1, 0.15) is 5.75 Å². The van der Waals surface area contributed by atoms with Crippen LogP contribution >= 0.6 is 11.6 Å². The Hall–Kier alpha value is -1.26. The summed E-state index contributed by atoms with van der Waals surface area (Å²) in [6.45, 7) is 1.00. The van der Waals surface area contributed by atoms with Crippen LogP contribution in [0.3, 0.4) is 0 Å². The highest BCUT2D eigenvalue weighted by molar-refractivity contribution is 6.20. The van der Waals surface area contributed by atoms with Gasteiger partial charge < -0.3 is 14.8 Å². The van der Waals surface area contributed by atoms with Crippen LogP contribution in [0.25, 0.3) is 0 Å². The maximum Gasteiger partial charge on any atom is 0.251 e. The Labute approximate surface area is 112 Å². The molecule has 18 heavy (non-hydrogen) atoms. The number of hydrogen-bond donors (Lipinski definition) is 1. The van der Waals surface area contributed by atoms with Crippen LogP contribution in [0.5, 0.6) is 5.75 Å². The van der Waals surface area contributed by atoms with Gasteiger partial charge in [0.15, 0.2) is 0 Å². The lowest BCUT2D eigenvalue weighted by Crippen LogP contribution is -2.27. The fourth-order valence-electron chi connectivity index (χ4n) is 1.47. The minimum Gasteiger partial charge on any atom is -0.497 e. The van der Waals surface area contributed by atoms with E-state index in [2.05, 4.69) is 5.32 Å². The molecular formula is C13H18ClNO3. The number of alkyl halides is 1. The van der Waals surface area contributed by atoms with E-state index in [4.69, 9.17) is 21.1 Å². The molecule has 1 N–H and O–H groups in total. The molecule has 100 valence electrons. The maximum absolute atomic E-state index is 11.8. The number of ether oxygens (including phenoxy) is 2. The summed E-state index contributed by atoms with van der Waals surface area (Å²) in [5.41, 5.74) is 0.576. The zero-order chi connectivity index (χ0) is 13.4. The number of amides is 1. The predicted octanol–water partition coefficient (Wildman–Crippen LogP) is 2.07. The van der Waals surface area contributed by atoms with Crippen molar-refractivity contribution < 1.29 is 14.3 Å². The van der Waals surface area contributed by atoms with Gasteiger partial charge in [0.25, 0.3) is 5.91 Å². The second-order valence-corrected chi connectivity index (χ2v) is 4.45. The molecule has 1 aromatic rings. The number of hydrogen-bond acceptors (Lipinski definition) is 3. The van der Waals surface area contributed by atoms with Crippen molar-refractivity contribution in [2.75, 3.05) is 27.4 Å². The normalized spacial score (nSPS) is 11.9. The third-order valence-electron chi connectivity index (χ3n) is 2.42. The summed E-state index contributed by atoms with van der Waals surface area (Å²) >= 11 is 5.96. The lowest BCUT2D eigenvalue weighted by molar-refractivity contribution is 0.0951. The molecule has 0 radical (unpaired) electrons. The zero-order valence-electron chi connectivity index (χ0n) is 10.6. The molecule has 0 aromatic heterocycles. The fraction of sp³-hybridized carbons (Fsp3) is 0.462. The van der Waals surface area contributed by atoms with Crippen LogP contribution < -0.4 is 10.1 Å². The van der Waals surface area contributed by atoms with Gasteiger partial charge in [-0.05, 0) is 24.6 Å². The molecule has 0 aliphatic heterocycles. The van der Waals surface area contributed by atoms with Crippen molar-refractivity contribution in [2.24, 2.45) is 0 Å². The molecule has 0 spiro atoms. The number of carbonyl (C=O) groups is 1. The van der Waals surface area contributed by atoms with Crippen molar-refractivity contribution in [3.63, 3.8) is 0 Å². The lowest BCUT2D eigenvalue weighted by Gasteiger charge is -2.09. The van der Waals surface area contributed by atoms with E-state index in [1.165, 1.54) is 0 Å². The molecule has 0 saturated heterocycles. The Morgan fingerprint density at radius 3 is 2.89 bits per heavy atom. The van der Waals surface area contributed by atoms with E-state index in [0.717, 1.165) is 0 Å². The van der Waals surface area contributed by atoms with E-state index in [1.807, 2.05) is 0 Å². The zero-order valence-corrected chi connectivity index (χ0v) is 11.4. The first-order valence-electron chi connectivity index (χ1n) is 5.72. The monoisotopic (exact) mass is 271 g/mol. The van der Waals surface area contributed by atoms with Gasteiger partial charge >= 0.3 is 0 Å². The molecule has 1 amide bonds. The molecule has 0 saturated carbocycles. The maximum atomic E-state index is 11.8. The largest absolute Gasteiger partial charge is 0.497 e. The van der Waals surface area contributed by atoms with Crippen molar-refractivity contribution in [2.45, 2.75) is 11.8 Å². The summed E-state index contributed by atoms with van der Waals surface area (Å²) in [4.78, 5) is 11.8. The van der Waals surface area contributed by atoms with Gasteiger partial charge in [-0.1, -0.05) is 6.07 Å². The van der Waals surface area contributed by atoms with Gasteiger partial charge in [-0.3, -0.25) is 4.79 Å². The molecule has 0 heterocycles. The minimum atomic E-state index is -0.129. The predicted molar refractivity (Wildman–Crippen MR) is 71.5 cm³/mol. The Kier molecular flexibility index (Phi) is 6.54. The second-order valence-electron chi connectivity index (χ2n) is 3.83. The lowest BCUT2D eigenvalue weighted by atomic mass is 10.2. The van der Waals surface area contributed by atoms with Gasteiger partial charge in [-0.15, -0.1) is 11.6 Å². The topological polar surface area (TPSA) is 47.6 Å². The first-order chi connectivity index (χ1) is 8.67. The number of methoxy groups -OCH3 is 2. The standard InChI is InChI=1S/C13H18ClNO3/c1-17-9-11(14)6-7-15-13(16)10-4-3-5-12(8-10)18-2/h3-5,8,11H,6-7,9H2,1-2H3,(H,15,16). The van der Waals surface area contributed by atoms with E-state index in [-0.39, 0.29) is 11.3 Å². The van der Waals surface area contributed by atoms with E-state index >= 15 is 0 Å². The van der Waals surface area contributed by atoms with Crippen molar-refractivity contribution in [3.05, 3.63) is 29.8 Å². The molecule has 0 aliphatic carbocycles. The van der Waals surface area contributed by atoms with Crippen molar-refractivity contribution in [3.8, 4) is 5.75 Å². The SMILES string of the molecule is COCC(Cl)CCNC(=O)c1cccc(OC)c1. The Morgan fingerprint density at radius 2 is 2.22 bits per heavy atom. The van der Waals surface area contributed by atoms with Crippen molar-refractivity contribution in [1.82, 2.24) is 5.32 Å². The summed E-state index contributed by atoms with van der Waals surface area (Å²) in [6, 6.07) is 7.01.